The second-order valence-electron chi connectivity index (χ2n) is 3.23. The second kappa shape index (κ2) is 4.40. The fourth-order valence-corrected chi connectivity index (χ4v) is 1.54. The molecule has 2 N–H and O–H groups in total. The first-order chi connectivity index (χ1) is 7.66. The second-order valence-corrected chi connectivity index (χ2v) is 3.58. The number of halogens is 1. The van der Waals surface area contributed by atoms with E-state index in [9.17, 15) is 4.79 Å². The third-order valence-corrected chi connectivity index (χ3v) is 2.38. The molecule has 16 heavy (non-hydrogen) atoms. The number of hydrogen-bond acceptors (Lipinski definition) is 3. The van der Waals surface area contributed by atoms with Crippen molar-refractivity contribution < 1.29 is 14.3 Å². The van der Waals surface area contributed by atoms with Crippen LogP contribution in [0.3, 0.4) is 0 Å². The summed E-state index contributed by atoms with van der Waals surface area (Å²) in [6, 6.07) is 3.48. The van der Waals surface area contributed by atoms with Crippen molar-refractivity contribution in [2.45, 2.75) is 12.8 Å². The minimum absolute atomic E-state index is 0.0134. The minimum Gasteiger partial charge on any atom is -0.481 e. The average Bonchev–Trinajstić information content (AvgIpc) is 2.83. The summed E-state index contributed by atoms with van der Waals surface area (Å²) < 4.78 is 5.14. The predicted molar refractivity (Wildman–Crippen MR) is 57.3 cm³/mol. The smallest absolute Gasteiger partial charge is 0.303 e. The predicted octanol–water partition coefficient (Wildman–Crippen LogP) is 2.34. The van der Waals surface area contributed by atoms with Crippen LogP contribution in [-0.4, -0.2) is 21.0 Å². The highest BCUT2D eigenvalue weighted by Gasteiger charge is 2.12. The van der Waals surface area contributed by atoms with Gasteiger partial charge in [0.2, 0.25) is 0 Å². The van der Waals surface area contributed by atoms with Gasteiger partial charge in [0.15, 0.2) is 16.7 Å². The van der Waals surface area contributed by atoms with Gasteiger partial charge < -0.3 is 14.5 Å². The largest absolute Gasteiger partial charge is 0.481 e. The van der Waals surface area contributed by atoms with E-state index in [4.69, 9.17) is 21.1 Å². The Kier molecular flexibility index (Phi) is 2.96. The van der Waals surface area contributed by atoms with Crippen molar-refractivity contribution in [1.29, 1.82) is 0 Å². The number of aliphatic carboxylic acids is 1. The topological polar surface area (TPSA) is 79.1 Å². The van der Waals surface area contributed by atoms with Gasteiger partial charge in [0.05, 0.1) is 18.4 Å². The first-order valence-electron chi connectivity index (χ1n) is 4.67. The average molecular weight is 241 g/mol. The van der Waals surface area contributed by atoms with E-state index >= 15 is 0 Å². The van der Waals surface area contributed by atoms with Gasteiger partial charge in [-0.15, -0.1) is 0 Å². The van der Waals surface area contributed by atoms with Gasteiger partial charge in [-0.25, -0.2) is 4.98 Å². The summed E-state index contributed by atoms with van der Waals surface area (Å²) in [5.74, 6) is 0.212. The Morgan fingerprint density at radius 1 is 1.62 bits per heavy atom. The van der Waals surface area contributed by atoms with Gasteiger partial charge in [0.1, 0.15) is 0 Å². The minimum atomic E-state index is -0.870. The molecule has 0 amide bonds. The lowest BCUT2D eigenvalue weighted by molar-refractivity contribution is -0.136. The summed E-state index contributed by atoms with van der Waals surface area (Å²) in [6.45, 7) is 0. The molecule has 0 spiro atoms. The molecule has 2 rings (SSSR count). The van der Waals surface area contributed by atoms with Crippen molar-refractivity contribution >= 4 is 17.6 Å². The number of nitrogens with one attached hydrogen (secondary N) is 1. The maximum absolute atomic E-state index is 10.4. The number of carbonyl (C=O) groups is 1. The van der Waals surface area contributed by atoms with E-state index < -0.39 is 5.97 Å². The van der Waals surface area contributed by atoms with Crippen LogP contribution >= 0.6 is 11.6 Å². The number of rotatable bonds is 4. The van der Waals surface area contributed by atoms with Gasteiger partial charge >= 0.3 is 5.97 Å². The Balaban J connectivity index is 2.19. The standard InChI is InChI=1S/C10H9ClN2O3/c11-9-6(3-4-8(14)15)12-10(13-9)7-2-1-5-16-7/h1-2,5H,3-4H2,(H,12,13)(H,14,15). The molecular weight excluding hydrogens is 232 g/mol. The molecule has 0 aliphatic carbocycles. The quantitative estimate of drug-likeness (QED) is 0.860. The molecule has 0 bridgehead atoms. The number of carboxylic acids is 1. The third-order valence-electron chi connectivity index (χ3n) is 2.07. The van der Waals surface area contributed by atoms with E-state index in [1.54, 1.807) is 12.1 Å². The molecular formula is C10H9ClN2O3. The van der Waals surface area contributed by atoms with E-state index in [1.807, 2.05) is 0 Å². The first kappa shape index (κ1) is 10.8. The maximum Gasteiger partial charge on any atom is 0.303 e. The first-order valence-corrected chi connectivity index (χ1v) is 5.04. The molecule has 5 nitrogen and oxygen atoms in total. The molecule has 2 aromatic rings. The number of aryl methyl sites for hydroxylation is 1. The number of aromatic amines is 1. The molecule has 2 heterocycles. The summed E-state index contributed by atoms with van der Waals surface area (Å²) in [7, 11) is 0. The van der Waals surface area contributed by atoms with Crippen LogP contribution in [-0.2, 0) is 11.2 Å². The van der Waals surface area contributed by atoms with Crippen molar-refractivity contribution in [1.82, 2.24) is 9.97 Å². The van der Waals surface area contributed by atoms with Gasteiger partial charge in [0, 0.05) is 6.42 Å². The molecule has 0 unspecified atom stereocenters. The molecule has 84 valence electrons. The van der Waals surface area contributed by atoms with Crippen LogP contribution in [0.1, 0.15) is 12.1 Å². The lowest BCUT2D eigenvalue weighted by Crippen LogP contribution is -1.97. The Hall–Kier alpha value is -1.75. The summed E-state index contributed by atoms with van der Waals surface area (Å²) in [5.41, 5.74) is 0.607. The zero-order valence-electron chi connectivity index (χ0n) is 8.24. The number of H-pyrrole nitrogens is 1. The Bertz CT molecular complexity index is 490. The Morgan fingerprint density at radius 2 is 2.44 bits per heavy atom. The fourth-order valence-electron chi connectivity index (χ4n) is 1.32. The van der Waals surface area contributed by atoms with Crippen molar-refractivity contribution in [3.8, 4) is 11.6 Å². The van der Waals surface area contributed by atoms with Gasteiger partial charge in [-0.2, -0.15) is 0 Å². The van der Waals surface area contributed by atoms with Crippen LogP contribution in [0.4, 0.5) is 0 Å². The van der Waals surface area contributed by atoms with Crippen molar-refractivity contribution in [2.24, 2.45) is 0 Å². The van der Waals surface area contributed by atoms with Crippen molar-refractivity contribution in [3.05, 3.63) is 29.2 Å². The van der Waals surface area contributed by atoms with E-state index in [0.717, 1.165) is 0 Å². The SMILES string of the molecule is O=C(O)CCc1[nH]c(-c2ccco2)nc1Cl. The van der Waals surface area contributed by atoms with E-state index in [1.165, 1.54) is 6.26 Å². The normalized spacial score (nSPS) is 10.6. The number of nitrogens with zero attached hydrogens (tertiary/aromatic N) is 1. The van der Waals surface area contributed by atoms with Crippen molar-refractivity contribution in [3.63, 3.8) is 0 Å². The summed E-state index contributed by atoms with van der Waals surface area (Å²) in [5, 5.41) is 8.85. The van der Waals surface area contributed by atoms with Crippen LogP contribution < -0.4 is 0 Å². The number of carboxylic acid groups (broad SMARTS) is 1. The summed E-state index contributed by atoms with van der Waals surface area (Å²) in [4.78, 5) is 17.4. The van der Waals surface area contributed by atoms with E-state index in [0.29, 0.717) is 23.7 Å². The molecule has 0 saturated heterocycles. The van der Waals surface area contributed by atoms with Crippen LogP contribution in [0.2, 0.25) is 5.15 Å². The monoisotopic (exact) mass is 240 g/mol. The zero-order chi connectivity index (χ0) is 11.5. The molecule has 0 radical (unpaired) electrons. The van der Waals surface area contributed by atoms with Gasteiger partial charge in [-0.3, -0.25) is 4.79 Å². The lowest BCUT2D eigenvalue weighted by atomic mass is 10.2. The molecule has 0 atom stereocenters. The number of aromatic nitrogens is 2. The molecule has 0 aromatic carbocycles. The van der Waals surface area contributed by atoms with E-state index in [-0.39, 0.29) is 11.6 Å². The highest BCUT2D eigenvalue weighted by molar-refractivity contribution is 6.30. The highest BCUT2D eigenvalue weighted by Crippen LogP contribution is 2.22. The lowest BCUT2D eigenvalue weighted by Gasteiger charge is -1.93. The van der Waals surface area contributed by atoms with Gasteiger partial charge in [-0.1, -0.05) is 11.6 Å². The fraction of sp³-hybridized carbons (Fsp3) is 0.200. The van der Waals surface area contributed by atoms with Crippen LogP contribution in [0.15, 0.2) is 22.8 Å². The molecule has 2 aromatic heterocycles. The van der Waals surface area contributed by atoms with Gasteiger partial charge in [-0.05, 0) is 12.1 Å². The van der Waals surface area contributed by atoms with Crippen LogP contribution in [0.5, 0.6) is 0 Å². The van der Waals surface area contributed by atoms with Crippen LogP contribution in [0, 0.1) is 0 Å². The Morgan fingerprint density at radius 3 is 3.06 bits per heavy atom. The number of hydrogen-bond donors (Lipinski definition) is 2. The molecule has 6 heteroatoms. The Labute approximate surface area is 96.1 Å². The van der Waals surface area contributed by atoms with E-state index in [2.05, 4.69) is 9.97 Å². The zero-order valence-corrected chi connectivity index (χ0v) is 8.99. The summed E-state index contributed by atoms with van der Waals surface area (Å²) >= 11 is 5.87. The summed E-state index contributed by atoms with van der Waals surface area (Å²) in [6.07, 6.45) is 1.87. The molecule has 0 aliphatic heterocycles. The molecule has 0 aliphatic rings. The highest BCUT2D eigenvalue weighted by atomic mass is 35.5. The van der Waals surface area contributed by atoms with Gasteiger partial charge in [0.25, 0.3) is 0 Å². The third kappa shape index (κ3) is 2.25. The maximum atomic E-state index is 10.4. The van der Waals surface area contributed by atoms with Crippen LogP contribution in [0.25, 0.3) is 11.6 Å². The number of furan rings is 1. The molecule has 0 fully saturated rings. The molecule has 0 saturated carbocycles. The van der Waals surface area contributed by atoms with Crippen molar-refractivity contribution in [2.75, 3.05) is 0 Å². The number of imidazole rings is 1.